The molecule has 12 amide bonds. The third kappa shape index (κ3) is 40.7. The lowest BCUT2D eigenvalue weighted by Crippen LogP contribution is -2.56. The van der Waals surface area contributed by atoms with Crippen LogP contribution in [-0.2, 0) is 100 Å². The van der Waals surface area contributed by atoms with Crippen molar-refractivity contribution >= 4 is 107 Å². The first-order valence-corrected chi connectivity index (χ1v) is 45.7. The number of nitrogens with one attached hydrogen (secondary N) is 12. The van der Waals surface area contributed by atoms with Crippen molar-refractivity contribution in [2.45, 2.75) is 275 Å². The third-order valence-electron chi connectivity index (χ3n) is 24.2. The lowest BCUT2D eigenvalue weighted by Gasteiger charge is -2.54. The van der Waals surface area contributed by atoms with Crippen LogP contribution in [-0.4, -0.2) is 223 Å². The molecule has 4 rings (SSSR count). The van der Waals surface area contributed by atoms with Gasteiger partial charge in [0.15, 0.2) is 0 Å². The molecule has 0 heterocycles. The standard InChI is InChI=1S/C93H150N12O24/c1-88(2,3)127-79(115)34-25-37-94-73(109)49-61(64-52-67(91(64,10)11)85(121)100-43-22-31-76(112)124-16)55-103-70(106)28-19-40-97-82(118)58-46-59(83(119)98-41-20-29-71(107)104-56-62(50-74(110)95-38-26-35-80(116)128-89(4,5)6)65-53-68(92(65,12)13)86(122)101-44-23-32-77(113)125-17)48-60(47-58)84(120)99-42-21-30-72(108)105-57-63(51-75(111)96-39-27-36-81(117)129-90(7,8)9)66-54-69(93(66,14)15)87(123)102-45-24-33-78(114)126-18/h46-48,61-69H,19-45,49-57H2,1-18H3,(H,94,109)(H,95,110)(H,96,111)(H,97,118)(H,98,119)(H,99,120)(H,100,121)(H,101,122)(H,102,123)(H,103,106)(H,104,107)(H,105,108)/t61-,62-,63-,64-,65-,66-,67+,68+,69+/m1/s1. The maximum absolute atomic E-state index is 14.2. The van der Waals surface area contributed by atoms with E-state index in [0.29, 0.717) is 57.8 Å². The second-order valence-electron chi connectivity index (χ2n) is 38.9. The van der Waals surface area contributed by atoms with Crippen molar-refractivity contribution in [1.82, 2.24) is 63.8 Å². The molecule has 0 saturated heterocycles. The minimum absolute atomic E-state index is 0.0103. The number of hydrogen-bond donors (Lipinski definition) is 12. The van der Waals surface area contributed by atoms with Crippen molar-refractivity contribution in [3.63, 3.8) is 0 Å². The highest BCUT2D eigenvalue weighted by Crippen LogP contribution is 2.57. The van der Waals surface area contributed by atoms with E-state index < -0.39 is 140 Å². The molecule has 36 nitrogen and oxygen atoms in total. The number of hydrogen-bond acceptors (Lipinski definition) is 24. The monoisotopic (exact) mass is 1820 g/mol. The fourth-order valence-corrected chi connectivity index (χ4v) is 16.9. The molecule has 1 aromatic carbocycles. The first kappa shape index (κ1) is 111. The van der Waals surface area contributed by atoms with E-state index in [-0.39, 0.29) is 245 Å². The molecule has 129 heavy (non-hydrogen) atoms. The number of rotatable bonds is 57. The molecule has 36 heteroatoms. The topological polar surface area (TPSA) is 507 Å². The third-order valence-corrected chi connectivity index (χ3v) is 24.2. The van der Waals surface area contributed by atoms with E-state index in [2.05, 4.69) is 63.8 Å². The van der Waals surface area contributed by atoms with Crippen LogP contribution in [0.2, 0.25) is 0 Å². The number of esters is 6. The van der Waals surface area contributed by atoms with Gasteiger partial charge in [0.1, 0.15) is 16.8 Å². The number of carbonyl (C=O) groups is 18. The van der Waals surface area contributed by atoms with Crippen molar-refractivity contribution in [1.29, 1.82) is 0 Å². The highest BCUT2D eigenvalue weighted by Gasteiger charge is 2.57. The van der Waals surface area contributed by atoms with Crippen molar-refractivity contribution in [3.05, 3.63) is 34.9 Å². The van der Waals surface area contributed by atoms with Gasteiger partial charge in [0.05, 0.1) is 21.3 Å². The SMILES string of the molecule is COC(=O)CCCNC(=O)[C@@H]1C[C@H]([C@@H](CNC(=O)CCCNC(=O)c2cc(C(=O)NCCCC(=O)NC[C@@H](CC(=O)NCCCC(=O)OC(C)(C)C)[C@H]3C[C@@H](C(=O)NCCCC(=O)OC)C3(C)C)cc(C(=O)NCCCC(=O)NC[C@@H](CC(=O)NCCCC(=O)OC(C)(C)C)[C@H]3C[C@@H](C(=O)NCCCC(=O)OC)C3(C)C)c2)CC(=O)NCCCC(=O)OC(C)(C)C)C1(C)C. The van der Waals surface area contributed by atoms with Crippen molar-refractivity contribution < 1.29 is 115 Å². The molecule has 12 N–H and O–H groups in total. The van der Waals surface area contributed by atoms with Gasteiger partial charge >= 0.3 is 35.8 Å². The summed E-state index contributed by atoms with van der Waals surface area (Å²) in [6.07, 6.45) is 4.06. The number of methoxy groups -OCH3 is 3. The molecule has 1 aromatic rings. The van der Waals surface area contributed by atoms with Crippen LogP contribution >= 0.6 is 0 Å². The summed E-state index contributed by atoms with van der Waals surface area (Å²) in [5.41, 5.74) is -4.20. The lowest BCUT2D eigenvalue weighted by atomic mass is 9.50. The number of amides is 12. The summed E-state index contributed by atoms with van der Waals surface area (Å²) in [5, 5.41) is 34.5. The van der Waals surface area contributed by atoms with E-state index in [0.717, 1.165) is 0 Å². The van der Waals surface area contributed by atoms with E-state index in [1.807, 2.05) is 41.5 Å². The minimum Gasteiger partial charge on any atom is -0.469 e. The van der Waals surface area contributed by atoms with E-state index in [4.69, 9.17) is 28.4 Å². The van der Waals surface area contributed by atoms with Crippen LogP contribution in [0.3, 0.4) is 0 Å². The van der Waals surface area contributed by atoms with Crippen LogP contribution in [0.1, 0.15) is 289 Å². The molecule has 3 aliphatic rings. The quantitative estimate of drug-likeness (QED) is 0.0188. The zero-order chi connectivity index (χ0) is 96.6. The molecular weight excluding hydrogens is 1670 g/mol. The van der Waals surface area contributed by atoms with E-state index in [9.17, 15) is 86.3 Å². The molecule has 3 saturated carbocycles. The summed E-state index contributed by atoms with van der Waals surface area (Å²) in [5.74, 6) is -10.5. The van der Waals surface area contributed by atoms with Crippen LogP contribution in [0.5, 0.6) is 0 Å². The van der Waals surface area contributed by atoms with Crippen LogP contribution in [0.25, 0.3) is 0 Å². The van der Waals surface area contributed by atoms with Gasteiger partial charge in [-0.3, -0.25) is 86.3 Å². The molecule has 0 unspecified atom stereocenters. The normalized spacial score (nSPS) is 18.2. The van der Waals surface area contributed by atoms with Gasteiger partial charge in [-0.15, -0.1) is 0 Å². The van der Waals surface area contributed by atoms with Gasteiger partial charge < -0.3 is 92.2 Å². The Morgan fingerprint density at radius 3 is 0.698 bits per heavy atom. The van der Waals surface area contributed by atoms with Crippen LogP contribution in [0, 0.1) is 69.5 Å². The Balaban J connectivity index is 1.50. The molecule has 3 fully saturated rings. The Hall–Kier alpha value is -10.3. The second-order valence-corrected chi connectivity index (χ2v) is 38.9. The molecule has 3 aliphatic carbocycles. The summed E-state index contributed by atoms with van der Waals surface area (Å²) in [4.78, 5) is 237. The summed E-state index contributed by atoms with van der Waals surface area (Å²) in [6.45, 7) is 28.8. The molecular formula is C93H150N12O24. The second kappa shape index (κ2) is 53.7. The van der Waals surface area contributed by atoms with Crippen molar-refractivity contribution in [2.75, 3.05) is 99.9 Å². The fourth-order valence-electron chi connectivity index (χ4n) is 16.9. The van der Waals surface area contributed by atoms with E-state index in [1.165, 1.54) is 39.5 Å². The summed E-state index contributed by atoms with van der Waals surface area (Å²) >= 11 is 0. The molecule has 0 radical (unpaired) electrons. The highest BCUT2D eigenvalue weighted by molar-refractivity contribution is 6.04. The Bertz CT molecular complexity index is 3580. The van der Waals surface area contributed by atoms with Crippen molar-refractivity contribution in [3.8, 4) is 0 Å². The van der Waals surface area contributed by atoms with Gasteiger partial charge in [0.2, 0.25) is 53.2 Å². The summed E-state index contributed by atoms with van der Waals surface area (Å²) in [6, 6.07) is 3.84. The van der Waals surface area contributed by atoms with Gasteiger partial charge in [0.25, 0.3) is 17.7 Å². The fraction of sp³-hybridized carbons (Fsp3) is 0.742. The zero-order valence-corrected chi connectivity index (χ0v) is 79.7. The highest BCUT2D eigenvalue weighted by atomic mass is 16.6. The number of ether oxygens (including phenoxy) is 6. The smallest absolute Gasteiger partial charge is 0.306 e. The average Bonchev–Trinajstić information content (AvgIpc) is 0.754. The number of carbonyl (C=O) groups excluding carboxylic acids is 18. The minimum atomic E-state index is -0.713. The van der Waals surface area contributed by atoms with Gasteiger partial charge in [-0.1, -0.05) is 41.5 Å². The Kier molecular flexibility index (Phi) is 46.2. The van der Waals surface area contributed by atoms with Crippen molar-refractivity contribution in [2.24, 2.45) is 69.5 Å². The Morgan fingerprint density at radius 1 is 0.287 bits per heavy atom. The maximum atomic E-state index is 14.2. The van der Waals surface area contributed by atoms with E-state index >= 15 is 0 Å². The van der Waals surface area contributed by atoms with Crippen LogP contribution in [0.4, 0.5) is 0 Å². The lowest BCUT2D eigenvalue weighted by molar-refractivity contribution is -0.156. The molecule has 9 atom stereocenters. The summed E-state index contributed by atoms with van der Waals surface area (Å²) in [7, 11) is 3.86. The largest absolute Gasteiger partial charge is 0.469 e. The predicted molar refractivity (Wildman–Crippen MR) is 478 cm³/mol. The molecule has 0 aliphatic heterocycles. The van der Waals surface area contributed by atoms with Gasteiger partial charge in [0, 0.05) is 190 Å². The van der Waals surface area contributed by atoms with Crippen LogP contribution < -0.4 is 63.8 Å². The van der Waals surface area contributed by atoms with Gasteiger partial charge in [-0.05, 0) is 209 Å². The number of benzene rings is 1. The van der Waals surface area contributed by atoms with Gasteiger partial charge in [-0.2, -0.15) is 0 Å². The molecule has 0 bridgehead atoms. The predicted octanol–water partition coefficient (Wildman–Crippen LogP) is 6.49. The Labute approximate surface area is 760 Å². The summed E-state index contributed by atoms with van der Waals surface area (Å²) < 4.78 is 30.3. The van der Waals surface area contributed by atoms with E-state index in [1.54, 1.807) is 62.3 Å². The molecule has 0 spiro atoms. The van der Waals surface area contributed by atoms with Crippen LogP contribution in [0.15, 0.2) is 18.2 Å². The molecule has 726 valence electrons. The molecule has 0 aromatic heterocycles. The Morgan fingerprint density at radius 2 is 0.488 bits per heavy atom. The first-order valence-electron chi connectivity index (χ1n) is 45.7. The maximum Gasteiger partial charge on any atom is 0.306 e. The zero-order valence-electron chi connectivity index (χ0n) is 79.7. The first-order chi connectivity index (χ1) is 60.4. The van der Waals surface area contributed by atoms with Gasteiger partial charge in [-0.25, -0.2) is 0 Å². The average molecular weight is 1820 g/mol.